The summed E-state index contributed by atoms with van der Waals surface area (Å²) in [6.45, 7) is 0. The first-order chi connectivity index (χ1) is 10.1. The van der Waals surface area contributed by atoms with Gasteiger partial charge in [-0.3, -0.25) is 5.10 Å². The lowest BCUT2D eigenvalue weighted by atomic mass is 10.0. The fraction of sp³-hybridized carbons (Fsp3) is 0. The Kier molecular flexibility index (Phi) is 2.91. The molecule has 6 nitrogen and oxygen atoms in total. The zero-order valence-corrected chi connectivity index (χ0v) is 10.8. The minimum Gasteiger partial charge on any atom is -0.504 e. The average Bonchev–Trinajstić information content (AvgIpc) is 2.94. The molecule has 3 rings (SSSR count). The lowest BCUT2D eigenvalue weighted by Crippen LogP contribution is -1.83. The number of rotatable bonds is 2. The Morgan fingerprint density at radius 2 is 1.29 bits per heavy atom. The molecule has 0 fully saturated rings. The Labute approximate surface area is 119 Å². The number of phenols is 4. The molecule has 3 aromatic rings. The normalized spacial score (nSPS) is 10.7. The quantitative estimate of drug-likeness (QED) is 0.465. The Morgan fingerprint density at radius 1 is 0.714 bits per heavy atom. The Morgan fingerprint density at radius 3 is 1.90 bits per heavy atom. The van der Waals surface area contributed by atoms with Gasteiger partial charge in [-0.1, -0.05) is 6.07 Å². The molecule has 0 saturated carbocycles. The van der Waals surface area contributed by atoms with E-state index in [-0.39, 0.29) is 23.0 Å². The standard InChI is InChI=1S/C15H12N2O4/c18-11-3-1-8(5-13(11)20)10-7-16-17-15(10)9-2-4-12(19)14(21)6-9/h1-7,18-21H,(H,16,17). The molecule has 1 aromatic heterocycles. The predicted octanol–water partition coefficient (Wildman–Crippen LogP) is 2.57. The first kappa shape index (κ1) is 12.9. The summed E-state index contributed by atoms with van der Waals surface area (Å²) in [6, 6.07) is 8.84. The zero-order chi connectivity index (χ0) is 15.0. The smallest absolute Gasteiger partial charge is 0.158 e. The van der Waals surface area contributed by atoms with Crippen LogP contribution < -0.4 is 0 Å². The summed E-state index contributed by atoms with van der Waals surface area (Å²) >= 11 is 0. The summed E-state index contributed by atoms with van der Waals surface area (Å²) in [7, 11) is 0. The van der Waals surface area contributed by atoms with Gasteiger partial charge in [0.25, 0.3) is 0 Å². The van der Waals surface area contributed by atoms with Crippen molar-refractivity contribution < 1.29 is 20.4 Å². The Hall–Kier alpha value is -3.15. The van der Waals surface area contributed by atoms with Crippen LogP contribution in [0.4, 0.5) is 0 Å². The van der Waals surface area contributed by atoms with Crippen LogP contribution in [0.2, 0.25) is 0 Å². The van der Waals surface area contributed by atoms with Crippen LogP contribution in [0.25, 0.3) is 22.4 Å². The maximum Gasteiger partial charge on any atom is 0.158 e. The van der Waals surface area contributed by atoms with E-state index in [1.807, 2.05) is 0 Å². The average molecular weight is 284 g/mol. The molecule has 106 valence electrons. The third-order valence-corrected chi connectivity index (χ3v) is 3.18. The van der Waals surface area contributed by atoms with E-state index in [9.17, 15) is 20.4 Å². The number of hydrogen-bond donors (Lipinski definition) is 5. The van der Waals surface area contributed by atoms with E-state index in [2.05, 4.69) is 10.2 Å². The Bertz CT molecular complexity index is 745. The Balaban J connectivity index is 2.12. The van der Waals surface area contributed by atoms with Crippen LogP contribution in [0, 0.1) is 0 Å². The number of aromatic hydroxyl groups is 4. The lowest BCUT2D eigenvalue weighted by molar-refractivity contribution is 0.404. The van der Waals surface area contributed by atoms with Gasteiger partial charge in [-0.05, 0) is 35.9 Å². The highest BCUT2D eigenvalue weighted by Gasteiger charge is 2.13. The molecule has 5 N–H and O–H groups in total. The lowest BCUT2D eigenvalue weighted by Gasteiger charge is -2.06. The van der Waals surface area contributed by atoms with Crippen molar-refractivity contribution in [2.45, 2.75) is 0 Å². The van der Waals surface area contributed by atoms with Crippen molar-refractivity contribution >= 4 is 0 Å². The van der Waals surface area contributed by atoms with Crippen molar-refractivity contribution in [3.63, 3.8) is 0 Å². The zero-order valence-electron chi connectivity index (χ0n) is 10.8. The fourth-order valence-corrected chi connectivity index (χ4v) is 2.09. The molecule has 0 amide bonds. The molecule has 0 aliphatic heterocycles. The van der Waals surface area contributed by atoms with Gasteiger partial charge >= 0.3 is 0 Å². The van der Waals surface area contributed by atoms with Gasteiger partial charge in [-0.2, -0.15) is 5.10 Å². The second-order valence-corrected chi connectivity index (χ2v) is 4.55. The fourth-order valence-electron chi connectivity index (χ4n) is 2.09. The van der Waals surface area contributed by atoms with Crippen molar-refractivity contribution in [1.29, 1.82) is 0 Å². The highest BCUT2D eigenvalue weighted by Crippen LogP contribution is 2.37. The molecule has 0 saturated heterocycles. The molecule has 0 spiro atoms. The van der Waals surface area contributed by atoms with E-state index in [1.54, 1.807) is 18.3 Å². The van der Waals surface area contributed by atoms with E-state index >= 15 is 0 Å². The maximum absolute atomic E-state index is 9.59. The summed E-state index contributed by atoms with van der Waals surface area (Å²) in [6.07, 6.45) is 1.64. The number of nitrogens with zero attached hydrogens (tertiary/aromatic N) is 1. The molecule has 2 aromatic carbocycles. The molecule has 1 heterocycles. The predicted molar refractivity (Wildman–Crippen MR) is 76.1 cm³/mol. The van der Waals surface area contributed by atoms with Gasteiger partial charge in [-0.15, -0.1) is 0 Å². The van der Waals surface area contributed by atoms with Gasteiger partial charge < -0.3 is 20.4 Å². The summed E-state index contributed by atoms with van der Waals surface area (Å²) in [4.78, 5) is 0. The molecule has 0 atom stereocenters. The molecule has 0 unspecified atom stereocenters. The van der Waals surface area contributed by atoms with E-state index < -0.39 is 0 Å². The molecule has 0 aliphatic carbocycles. The summed E-state index contributed by atoms with van der Waals surface area (Å²) in [5.41, 5.74) is 2.50. The highest BCUT2D eigenvalue weighted by molar-refractivity contribution is 5.82. The second kappa shape index (κ2) is 4.75. The van der Waals surface area contributed by atoms with Gasteiger partial charge in [0, 0.05) is 17.3 Å². The number of phenolic OH excluding ortho intramolecular Hbond substituents is 4. The third kappa shape index (κ3) is 2.23. The number of nitrogens with one attached hydrogen (secondary N) is 1. The summed E-state index contributed by atoms with van der Waals surface area (Å²) < 4.78 is 0. The van der Waals surface area contributed by atoms with Crippen LogP contribution in [0.1, 0.15) is 0 Å². The number of aromatic amines is 1. The summed E-state index contributed by atoms with van der Waals surface area (Å²) in [5.74, 6) is -0.882. The molecular formula is C15H12N2O4. The molecule has 0 radical (unpaired) electrons. The minimum absolute atomic E-state index is 0.203. The van der Waals surface area contributed by atoms with E-state index in [0.29, 0.717) is 22.4 Å². The van der Waals surface area contributed by atoms with Crippen LogP contribution in [-0.2, 0) is 0 Å². The van der Waals surface area contributed by atoms with Crippen LogP contribution in [0.3, 0.4) is 0 Å². The van der Waals surface area contributed by atoms with Crippen molar-refractivity contribution in [1.82, 2.24) is 10.2 Å². The van der Waals surface area contributed by atoms with Gasteiger partial charge in [0.2, 0.25) is 0 Å². The molecule has 0 aliphatic rings. The largest absolute Gasteiger partial charge is 0.504 e. The van der Waals surface area contributed by atoms with Gasteiger partial charge in [-0.25, -0.2) is 0 Å². The maximum atomic E-state index is 9.59. The minimum atomic E-state index is -0.241. The first-order valence-electron chi connectivity index (χ1n) is 6.15. The topological polar surface area (TPSA) is 110 Å². The number of aromatic nitrogens is 2. The van der Waals surface area contributed by atoms with Crippen LogP contribution >= 0.6 is 0 Å². The molecule has 21 heavy (non-hydrogen) atoms. The van der Waals surface area contributed by atoms with Crippen LogP contribution in [0.5, 0.6) is 23.0 Å². The van der Waals surface area contributed by atoms with Gasteiger partial charge in [0.1, 0.15) is 0 Å². The third-order valence-electron chi connectivity index (χ3n) is 3.18. The monoisotopic (exact) mass is 284 g/mol. The van der Waals surface area contributed by atoms with E-state index in [1.165, 1.54) is 24.3 Å². The SMILES string of the molecule is Oc1ccc(-c2c[nH]nc2-c2ccc(O)c(O)c2)cc1O. The number of benzene rings is 2. The first-order valence-corrected chi connectivity index (χ1v) is 6.15. The van der Waals surface area contributed by atoms with Crippen LogP contribution in [0.15, 0.2) is 42.6 Å². The van der Waals surface area contributed by atoms with Crippen molar-refractivity contribution in [2.24, 2.45) is 0 Å². The number of H-pyrrole nitrogens is 1. The highest BCUT2D eigenvalue weighted by atomic mass is 16.3. The second-order valence-electron chi connectivity index (χ2n) is 4.55. The number of hydrogen-bond acceptors (Lipinski definition) is 5. The van der Waals surface area contributed by atoms with Crippen molar-refractivity contribution in [2.75, 3.05) is 0 Å². The van der Waals surface area contributed by atoms with Crippen LogP contribution in [-0.4, -0.2) is 30.6 Å². The van der Waals surface area contributed by atoms with Crippen molar-refractivity contribution in [3.05, 3.63) is 42.6 Å². The summed E-state index contributed by atoms with van der Waals surface area (Å²) in [5, 5.41) is 44.7. The molecule has 0 bridgehead atoms. The van der Waals surface area contributed by atoms with E-state index in [4.69, 9.17) is 0 Å². The van der Waals surface area contributed by atoms with E-state index in [0.717, 1.165) is 0 Å². The van der Waals surface area contributed by atoms with Crippen molar-refractivity contribution in [3.8, 4) is 45.4 Å². The van der Waals surface area contributed by atoms with Gasteiger partial charge in [0.05, 0.1) is 5.69 Å². The molecule has 6 heteroatoms. The van der Waals surface area contributed by atoms with Gasteiger partial charge in [0.15, 0.2) is 23.0 Å². The molecular weight excluding hydrogens is 272 g/mol.